The summed E-state index contributed by atoms with van der Waals surface area (Å²) >= 11 is 12.4. The van der Waals surface area contributed by atoms with Gasteiger partial charge in [0.2, 0.25) is 0 Å². The van der Waals surface area contributed by atoms with Crippen molar-refractivity contribution in [1.82, 2.24) is 5.32 Å². The Balaban J connectivity index is 2.08. The maximum Gasteiger partial charge on any atom is 0.0587 e. The van der Waals surface area contributed by atoms with Crippen LogP contribution in [0.25, 0.3) is 0 Å². The van der Waals surface area contributed by atoms with Gasteiger partial charge in [-0.25, -0.2) is 0 Å². The van der Waals surface area contributed by atoms with Gasteiger partial charge in [-0.1, -0.05) is 42.1 Å². The van der Waals surface area contributed by atoms with Crippen molar-refractivity contribution in [2.75, 3.05) is 26.8 Å². The zero-order valence-electron chi connectivity index (χ0n) is 12.0. The van der Waals surface area contributed by atoms with Crippen molar-refractivity contribution in [2.24, 2.45) is 5.92 Å². The maximum absolute atomic E-state index is 6.41. The second-order valence-electron chi connectivity index (χ2n) is 5.51. The normalized spacial score (nSPS) is 17.6. The van der Waals surface area contributed by atoms with Gasteiger partial charge in [0.25, 0.3) is 0 Å². The van der Waals surface area contributed by atoms with Crippen LogP contribution in [0.15, 0.2) is 18.2 Å². The summed E-state index contributed by atoms with van der Waals surface area (Å²) in [6.07, 6.45) is 5.28. The molecule has 0 heterocycles. The van der Waals surface area contributed by atoms with Gasteiger partial charge in [0.15, 0.2) is 0 Å². The minimum absolute atomic E-state index is 0.471. The Labute approximate surface area is 131 Å². The van der Waals surface area contributed by atoms with Crippen molar-refractivity contribution in [3.05, 3.63) is 33.8 Å². The number of nitrogens with one attached hydrogen (secondary N) is 1. The van der Waals surface area contributed by atoms with Crippen LogP contribution in [0.5, 0.6) is 0 Å². The molecule has 2 nitrogen and oxygen atoms in total. The fourth-order valence-electron chi connectivity index (χ4n) is 3.12. The molecule has 1 aliphatic rings. The quantitative estimate of drug-likeness (QED) is 0.748. The third kappa shape index (κ3) is 4.36. The van der Waals surface area contributed by atoms with Crippen LogP contribution in [0.4, 0.5) is 0 Å². The van der Waals surface area contributed by atoms with Crippen molar-refractivity contribution < 1.29 is 4.74 Å². The third-order valence-corrected chi connectivity index (χ3v) is 4.74. The predicted octanol–water partition coefficient (Wildman–Crippen LogP) is 4.50. The van der Waals surface area contributed by atoms with Gasteiger partial charge in [-0.2, -0.15) is 0 Å². The molecule has 4 heteroatoms. The van der Waals surface area contributed by atoms with Crippen LogP contribution in [0, 0.1) is 5.92 Å². The number of hydrogen-bond donors (Lipinski definition) is 1. The van der Waals surface area contributed by atoms with Crippen LogP contribution in [0.1, 0.15) is 37.2 Å². The minimum Gasteiger partial charge on any atom is -0.383 e. The fraction of sp³-hybridized carbons (Fsp3) is 0.625. The highest BCUT2D eigenvalue weighted by molar-refractivity contribution is 6.35. The SMILES string of the molecule is COCCNCC(c1ccc(Cl)cc1Cl)C1CCCC1. The van der Waals surface area contributed by atoms with E-state index >= 15 is 0 Å². The summed E-state index contributed by atoms with van der Waals surface area (Å²) in [5.41, 5.74) is 1.23. The Hall–Kier alpha value is -0.280. The molecule has 1 unspecified atom stereocenters. The lowest BCUT2D eigenvalue weighted by Gasteiger charge is -2.25. The van der Waals surface area contributed by atoms with Crippen LogP contribution in [0.3, 0.4) is 0 Å². The van der Waals surface area contributed by atoms with Crippen LogP contribution in [-0.4, -0.2) is 26.8 Å². The predicted molar refractivity (Wildman–Crippen MR) is 85.9 cm³/mol. The van der Waals surface area contributed by atoms with Crippen molar-refractivity contribution in [3.8, 4) is 0 Å². The Bertz CT molecular complexity index is 419. The zero-order chi connectivity index (χ0) is 14.4. The fourth-order valence-corrected chi connectivity index (χ4v) is 3.67. The summed E-state index contributed by atoms with van der Waals surface area (Å²) in [4.78, 5) is 0. The Kier molecular flexibility index (Phi) is 6.63. The first-order valence-electron chi connectivity index (χ1n) is 7.37. The summed E-state index contributed by atoms with van der Waals surface area (Å²) in [5, 5.41) is 4.99. The Morgan fingerprint density at radius 2 is 2.05 bits per heavy atom. The molecule has 0 aliphatic heterocycles. The number of halogens is 2. The van der Waals surface area contributed by atoms with E-state index in [-0.39, 0.29) is 0 Å². The van der Waals surface area contributed by atoms with Gasteiger partial charge in [0, 0.05) is 36.2 Å². The van der Waals surface area contributed by atoms with Crippen LogP contribution in [-0.2, 0) is 4.74 Å². The lowest BCUT2D eigenvalue weighted by atomic mass is 9.84. The number of ether oxygens (including phenoxy) is 1. The summed E-state index contributed by atoms with van der Waals surface area (Å²) in [7, 11) is 1.73. The average Bonchev–Trinajstić information content (AvgIpc) is 2.94. The molecule has 1 N–H and O–H groups in total. The largest absolute Gasteiger partial charge is 0.383 e. The molecule has 112 valence electrons. The van der Waals surface area contributed by atoms with Gasteiger partial charge in [-0.15, -0.1) is 0 Å². The zero-order valence-corrected chi connectivity index (χ0v) is 13.5. The topological polar surface area (TPSA) is 21.3 Å². The van der Waals surface area contributed by atoms with E-state index in [0.29, 0.717) is 10.9 Å². The van der Waals surface area contributed by atoms with Gasteiger partial charge in [-0.3, -0.25) is 0 Å². The van der Waals surface area contributed by atoms with Crippen molar-refractivity contribution in [2.45, 2.75) is 31.6 Å². The maximum atomic E-state index is 6.41. The lowest BCUT2D eigenvalue weighted by Crippen LogP contribution is -2.28. The molecule has 1 saturated carbocycles. The first-order chi connectivity index (χ1) is 9.72. The second-order valence-corrected chi connectivity index (χ2v) is 6.36. The highest BCUT2D eigenvalue weighted by Gasteiger charge is 2.27. The van der Waals surface area contributed by atoms with Crippen molar-refractivity contribution >= 4 is 23.2 Å². The number of benzene rings is 1. The second kappa shape index (κ2) is 8.23. The van der Waals surface area contributed by atoms with Crippen LogP contribution >= 0.6 is 23.2 Å². The molecule has 0 spiro atoms. The molecule has 1 aromatic carbocycles. The molecule has 0 aromatic heterocycles. The standard InChI is InChI=1S/C16H23Cl2NO/c1-20-9-8-19-11-15(12-4-2-3-5-12)14-7-6-13(17)10-16(14)18/h6-7,10,12,15,19H,2-5,8-9,11H2,1H3. The Morgan fingerprint density at radius 3 is 2.70 bits per heavy atom. The van der Waals surface area contributed by atoms with E-state index in [1.807, 2.05) is 12.1 Å². The smallest absolute Gasteiger partial charge is 0.0587 e. The summed E-state index contributed by atoms with van der Waals surface area (Å²) in [6, 6.07) is 5.89. The minimum atomic E-state index is 0.471. The van der Waals surface area contributed by atoms with Crippen LogP contribution < -0.4 is 5.32 Å². The highest BCUT2D eigenvalue weighted by Crippen LogP contribution is 2.39. The number of rotatable bonds is 7. The van der Waals surface area contributed by atoms with Gasteiger partial charge in [0.1, 0.15) is 0 Å². The molecule has 0 saturated heterocycles. The molecule has 20 heavy (non-hydrogen) atoms. The van der Waals surface area contributed by atoms with E-state index in [1.54, 1.807) is 7.11 Å². The van der Waals surface area contributed by atoms with Gasteiger partial charge in [-0.05, 0) is 36.5 Å². The molecular weight excluding hydrogens is 293 g/mol. The first-order valence-corrected chi connectivity index (χ1v) is 8.12. The first kappa shape index (κ1) is 16.1. The van der Waals surface area contributed by atoms with E-state index in [1.165, 1.54) is 31.2 Å². The molecule has 2 rings (SSSR count). The van der Waals surface area contributed by atoms with Gasteiger partial charge < -0.3 is 10.1 Å². The van der Waals surface area contributed by atoms with Crippen LogP contribution in [0.2, 0.25) is 10.0 Å². The molecule has 1 fully saturated rings. The average molecular weight is 316 g/mol. The summed E-state index contributed by atoms with van der Waals surface area (Å²) in [6.45, 7) is 2.58. The van der Waals surface area contributed by atoms with E-state index in [4.69, 9.17) is 27.9 Å². The van der Waals surface area contributed by atoms with Gasteiger partial charge in [0.05, 0.1) is 6.61 Å². The Morgan fingerprint density at radius 1 is 1.30 bits per heavy atom. The summed E-state index contributed by atoms with van der Waals surface area (Å²) in [5.74, 6) is 1.20. The molecule has 1 aliphatic carbocycles. The van der Waals surface area contributed by atoms with Gasteiger partial charge >= 0.3 is 0 Å². The molecule has 1 atom stereocenters. The highest BCUT2D eigenvalue weighted by atomic mass is 35.5. The van der Waals surface area contributed by atoms with E-state index < -0.39 is 0 Å². The van der Waals surface area contributed by atoms with E-state index in [2.05, 4.69) is 11.4 Å². The van der Waals surface area contributed by atoms with E-state index in [9.17, 15) is 0 Å². The molecule has 0 amide bonds. The lowest BCUT2D eigenvalue weighted by molar-refractivity contribution is 0.198. The molecular formula is C16H23Cl2NO. The summed E-state index contributed by atoms with van der Waals surface area (Å²) < 4.78 is 5.09. The monoisotopic (exact) mass is 315 g/mol. The van der Waals surface area contributed by atoms with Crippen molar-refractivity contribution in [1.29, 1.82) is 0 Å². The number of methoxy groups -OCH3 is 1. The number of hydrogen-bond acceptors (Lipinski definition) is 2. The molecule has 0 bridgehead atoms. The van der Waals surface area contributed by atoms with Crippen molar-refractivity contribution in [3.63, 3.8) is 0 Å². The molecule has 1 aromatic rings. The molecule has 0 radical (unpaired) electrons. The van der Waals surface area contributed by atoms with E-state index in [0.717, 1.165) is 30.6 Å². The third-order valence-electron chi connectivity index (χ3n) is 4.18.